The number of nitrogens with zero attached hydrogens (tertiary/aromatic N) is 2. The summed E-state index contributed by atoms with van der Waals surface area (Å²) in [7, 11) is 1.44. The first-order chi connectivity index (χ1) is 15.3. The summed E-state index contributed by atoms with van der Waals surface area (Å²) in [5.74, 6) is 0.0758. The van der Waals surface area contributed by atoms with Crippen LogP contribution in [0.25, 0.3) is 6.08 Å². The van der Waals surface area contributed by atoms with Gasteiger partial charge in [-0.05, 0) is 65.7 Å². The number of methoxy groups -OCH3 is 1. The minimum absolute atomic E-state index is 0.0512. The number of hydroxylamine groups is 2. The lowest BCUT2D eigenvalue weighted by Crippen LogP contribution is -2.38. The van der Waals surface area contributed by atoms with Crippen molar-refractivity contribution in [3.8, 4) is 11.5 Å². The van der Waals surface area contributed by atoms with Gasteiger partial charge in [0.2, 0.25) is 0 Å². The van der Waals surface area contributed by atoms with E-state index in [1.54, 1.807) is 43.3 Å². The van der Waals surface area contributed by atoms with Gasteiger partial charge >= 0.3 is 5.97 Å². The minimum atomic E-state index is -0.555. The maximum absolute atomic E-state index is 12.6. The van der Waals surface area contributed by atoms with Crippen molar-refractivity contribution >= 4 is 45.6 Å². The minimum Gasteiger partial charge on any atom is -0.493 e. The molecule has 1 N–H and O–H groups in total. The second kappa shape index (κ2) is 8.43. The molecule has 2 aromatic carbocycles. The van der Waals surface area contributed by atoms with Gasteiger partial charge in [0.25, 0.3) is 5.91 Å². The fourth-order valence-corrected chi connectivity index (χ4v) is 3.75. The highest BCUT2D eigenvalue weighted by atomic mass is 79.9. The Bertz CT molecular complexity index is 1260. The molecule has 162 valence electrons. The molecule has 0 saturated heterocycles. The molecule has 0 saturated carbocycles. The highest BCUT2D eigenvalue weighted by Gasteiger charge is 2.34. The summed E-state index contributed by atoms with van der Waals surface area (Å²) in [6.07, 6.45) is 3.08. The van der Waals surface area contributed by atoms with E-state index in [4.69, 9.17) is 19.7 Å². The van der Waals surface area contributed by atoms with E-state index in [1.165, 1.54) is 18.2 Å². The third kappa shape index (κ3) is 4.06. The SMILES string of the molecule is COc1cc(/C=C2/C(=N)N3OC(C)=CC3=NC2=O)cc(Br)c1OC(=O)c1cccc(C)c1. The number of carbonyl (C=O) groups is 2. The average Bonchev–Trinajstić information content (AvgIpc) is 3.12. The van der Waals surface area contributed by atoms with Crippen LogP contribution >= 0.6 is 15.9 Å². The Morgan fingerprint density at radius 3 is 2.75 bits per heavy atom. The lowest BCUT2D eigenvalue weighted by molar-refractivity contribution is -0.114. The number of hydrogen-bond donors (Lipinski definition) is 1. The van der Waals surface area contributed by atoms with Crippen LogP contribution in [0.15, 0.2) is 63.3 Å². The number of amides is 1. The van der Waals surface area contributed by atoms with Gasteiger partial charge in [0, 0.05) is 6.08 Å². The largest absolute Gasteiger partial charge is 0.493 e. The molecule has 0 radical (unpaired) electrons. The molecule has 0 atom stereocenters. The van der Waals surface area contributed by atoms with Gasteiger partial charge in [-0.25, -0.2) is 4.79 Å². The molecule has 32 heavy (non-hydrogen) atoms. The van der Waals surface area contributed by atoms with Crippen LogP contribution in [0.5, 0.6) is 11.5 Å². The molecule has 0 fully saturated rings. The quantitative estimate of drug-likeness (QED) is 0.382. The smallest absolute Gasteiger partial charge is 0.343 e. The van der Waals surface area contributed by atoms with Crippen LogP contribution in [0.1, 0.15) is 28.4 Å². The maximum atomic E-state index is 12.6. The number of allylic oxidation sites excluding steroid dienone is 1. The summed E-state index contributed by atoms with van der Waals surface area (Å²) in [6.45, 7) is 3.60. The first kappa shape index (κ1) is 21.5. The first-order valence-corrected chi connectivity index (χ1v) is 10.3. The fourth-order valence-electron chi connectivity index (χ4n) is 3.21. The summed E-state index contributed by atoms with van der Waals surface area (Å²) in [6, 6.07) is 10.3. The lowest BCUT2D eigenvalue weighted by Gasteiger charge is -2.23. The second-order valence-corrected chi connectivity index (χ2v) is 7.97. The molecule has 2 aliphatic rings. The van der Waals surface area contributed by atoms with E-state index in [2.05, 4.69) is 20.9 Å². The maximum Gasteiger partial charge on any atom is 0.343 e. The molecule has 2 aliphatic heterocycles. The monoisotopic (exact) mass is 495 g/mol. The first-order valence-electron chi connectivity index (χ1n) is 9.53. The van der Waals surface area contributed by atoms with E-state index in [0.717, 1.165) is 5.56 Å². The number of carbonyl (C=O) groups excluding carboxylic acids is 2. The van der Waals surface area contributed by atoms with Crippen molar-refractivity contribution in [3.63, 3.8) is 0 Å². The molecule has 2 heterocycles. The Hall–Kier alpha value is -3.72. The second-order valence-electron chi connectivity index (χ2n) is 7.12. The van der Waals surface area contributed by atoms with Crippen LogP contribution in [0.4, 0.5) is 0 Å². The Balaban J connectivity index is 1.65. The number of amidine groups is 2. The molecule has 0 spiro atoms. The molecule has 0 aliphatic carbocycles. The Morgan fingerprint density at radius 1 is 1.25 bits per heavy atom. The number of esters is 1. The van der Waals surface area contributed by atoms with Crippen molar-refractivity contribution in [2.45, 2.75) is 13.8 Å². The number of ether oxygens (including phenoxy) is 2. The van der Waals surface area contributed by atoms with Gasteiger partial charge in [-0.3, -0.25) is 10.2 Å². The number of aryl methyl sites for hydroxylation is 1. The zero-order valence-electron chi connectivity index (χ0n) is 17.4. The highest BCUT2D eigenvalue weighted by molar-refractivity contribution is 9.10. The molecule has 0 bridgehead atoms. The van der Waals surface area contributed by atoms with Crippen molar-refractivity contribution < 1.29 is 23.9 Å². The van der Waals surface area contributed by atoms with Crippen molar-refractivity contribution in [3.05, 3.63) is 75.0 Å². The molecule has 4 rings (SSSR count). The molecule has 9 heteroatoms. The van der Waals surface area contributed by atoms with Gasteiger partial charge in [-0.1, -0.05) is 17.7 Å². The summed E-state index contributed by atoms with van der Waals surface area (Å²) < 4.78 is 11.4. The number of halogens is 1. The van der Waals surface area contributed by atoms with E-state index < -0.39 is 11.9 Å². The lowest BCUT2D eigenvalue weighted by atomic mass is 10.1. The van der Waals surface area contributed by atoms with Crippen molar-refractivity contribution in [1.29, 1.82) is 5.41 Å². The highest BCUT2D eigenvalue weighted by Crippen LogP contribution is 2.38. The number of rotatable bonds is 4. The van der Waals surface area contributed by atoms with Crippen LogP contribution < -0.4 is 9.47 Å². The molecular formula is C23H18BrN3O5. The molecular weight excluding hydrogens is 478 g/mol. The van der Waals surface area contributed by atoms with Crippen LogP contribution in [0, 0.1) is 12.3 Å². The van der Waals surface area contributed by atoms with Gasteiger partial charge < -0.3 is 14.3 Å². The van der Waals surface area contributed by atoms with Crippen LogP contribution in [0.3, 0.4) is 0 Å². The normalized spacial score (nSPS) is 16.4. The third-order valence-electron chi connectivity index (χ3n) is 4.69. The summed E-state index contributed by atoms with van der Waals surface area (Å²) in [4.78, 5) is 34.5. The fraction of sp³-hybridized carbons (Fsp3) is 0.130. The number of aliphatic imine (C=N–C) groups is 1. The summed E-state index contributed by atoms with van der Waals surface area (Å²) >= 11 is 3.41. The predicted molar refractivity (Wildman–Crippen MR) is 122 cm³/mol. The van der Waals surface area contributed by atoms with Crippen molar-refractivity contribution in [2.24, 2.45) is 4.99 Å². The van der Waals surface area contributed by atoms with Crippen LogP contribution in [-0.4, -0.2) is 35.7 Å². The standard InChI is InChI=1S/C23H18BrN3O5/c1-12-5-4-6-15(7-12)23(29)31-20-17(24)10-14(11-18(20)30-3)9-16-21(25)27-19(26-22(16)28)8-13(2)32-27/h4-11,25H,1-3H3/b16-9-,25-21?. The number of hydrogen-bond acceptors (Lipinski definition) is 6. The van der Waals surface area contributed by atoms with E-state index in [1.807, 2.05) is 13.0 Å². The van der Waals surface area contributed by atoms with Gasteiger partial charge in [-0.15, -0.1) is 5.06 Å². The predicted octanol–water partition coefficient (Wildman–Crippen LogP) is 4.44. The van der Waals surface area contributed by atoms with Crippen molar-refractivity contribution in [1.82, 2.24) is 5.06 Å². The zero-order chi connectivity index (χ0) is 23.0. The van der Waals surface area contributed by atoms with Crippen molar-refractivity contribution in [2.75, 3.05) is 7.11 Å². The zero-order valence-corrected chi connectivity index (χ0v) is 19.0. The third-order valence-corrected chi connectivity index (χ3v) is 5.28. The van der Waals surface area contributed by atoms with Gasteiger partial charge in [0.15, 0.2) is 23.2 Å². The molecule has 1 amide bonds. The van der Waals surface area contributed by atoms with E-state index in [-0.39, 0.29) is 28.7 Å². The van der Waals surface area contributed by atoms with Crippen LogP contribution in [0.2, 0.25) is 0 Å². The molecule has 0 aromatic heterocycles. The van der Waals surface area contributed by atoms with Gasteiger partial charge in [-0.2, -0.15) is 4.99 Å². The molecule has 8 nitrogen and oxygen atoms in total. The average molecular weight is 496 g/mol. The van der Waals surface area contributed by atoms with Gasteiger partial charge in [0.1, 0.15) is 5.76 Å². The van der Waals surface area contributed by atoms with Crippen LogP contribution in [-0.2, 0) is 9.63 Å². The number of nitrogens with one attached hydrogen (secondary N) is 1. The number of benzene rings is 2. The summed E-state index contributed by atoms with van der Waals surface area (Å²) in [5.41, 5.74) is 1.94. The van der Waals surface area contributed by atoms with Gasteiger partial charge in [0.05, 0.1) is 22.7 Å². The Kier molecular flexibility index (Phi) is 5.67. The van der Waals surface area contributed by atoms with E-state index >= 15 is 0 Å². The van der Waals surface area contributed by atoms with E-state index in [0.29, 0.717) is 21.4 Å². The summed E-state index contributed by atoms with van der Waals surface area (Å²) in [5, 5.41) is 9.52. The van der Waals surface area contributed by atoms with E-state index in [9.17, 15) is 9.59 Å². The molecule has 0 unspecified atom stereocenters. The Labute approximate surface area is 192 Å². The number of fused-ring (bicyclic) bond motifs is 1. The Morgan fingerprint density at radius 2 is 2.03 bits per heavy atom. The topological polar surface area (TPSA) is 101 Å². The molecule has 2 aromatic rings.